The van der Waals surface area contributed by atoms with Gasteiger partial charge in [0.05, 0.1) is 6.04 Å². The first-order valence-corrected chi connectivity index (χ1v) is 6.41. The number of hydrogen-bond donors (Lipinski definition) is 1. The van der Waals surface area contributed by atoms with Gasteiger partial charge in [-0.2, -0.15) is 0 Å². The van der Waals surface area contributed by atoms with Gasteiger partial charge in [0.1, 0.15) is 10.8 Å². The molecule has 1 N–H and O–H groups in total. The maximum atomic E-state index is 13.7. The molecule has 0 fully saturated rings. The highest BCUT2D eigenvalue weighted by molar-refractivity contribution is 9.10. The lowest BCUT2D eigenvalue weighted by Crippen LogP contribution is -2.18. The number of rotatable bonds is 3. The molecule has 1 aromatic heterocycles. The summed E-state index contributed by atoms with van der Waals surface area (Å²) in [6, 6.07) is 4.72. The molecule has 0 saturated heterocycles. The summed E-state index contributed by atoms with van der Waals surface area (Å²) in [7, 11) is 1.80. The number of benzene rings is 1. The van der Waals surface area contributed by atoms with Crippen molar-refractivity contribution >= 4 is 27.3 Å². The van der Waals surface area contributed by atoms with Crippen LogP contribution in [0.1, 0.15) is 16.6 Å². The Bertz CT molecular complexity index is 473. The van der Waals surface area contributed by atoms with Crippen LogP contribution < -0.4 is 5.32 Å². The minimum Gasteiger partial charge on any atom is -0.307 e. The number of nitrogens with zero attached hydrogens (tertiary/aromatic N) is 1. The van der Waals surface area contributed by atoms with Crippen LogP contribution in [0.15, 0.2) is 34.2 Å². The lowest BCUT2D eigenvalue weighted by molar-refractivity contribution is 0.574. The molecule has 5 heteroatoms. The van der Waals surface area contributed by atoms with E-state index in [1.807, 2.05) is 5.38 Å². The van der Waals surface area contributed by atoms with Crippen molar-refractivity contribution in [2.75, 3.05) is 7.05 Å². The van der Waals surface area contributed by atoms with Crippen LogP contribution in [0.25, 0.3) is 0 Å². The van der Waals surface area contributed by atoms with Gasteiger partial charge in [0, 0.05) is 21.6 Å². The molecule has 84 valence electrons. The quantitative estimate of drug-likeness (QED) is 0.940. The fraction of sp³-hybridized carbons (Fsp3) is 0.182. The number of aromatic nitrogens is 1. The maximum Gasteiger partial charge on any atom is 0.128 e. The van der Waals surface area contributed by atoms with Crippen LogP contribution in [-0.2, 0) is 0 Å². The Balaban J connectivity index is 2.44. The zero-order valence-corrected chi connectivity index (χ0v) is 11.0. The molecule has 16 heavy (non-hydrogen) atoms. The molecule has 0 radical (unpaired) electrons. The Morgan fingerprint density at radius 3 is 2.94 bits per heavy atom. The number of hydrogen-bond acceptors (Lipinski definition) is 3. The average Bonchev–Trinajstić information content (AvgIpc) is 2.78. The minimum atomic E-state index is -0.224. The molecule has 0 aliphatic heterocycles. The van der Waals surface area contributed by atoms with Gasteiger partial charge in [0.25, 0.3) is 0 Å². The van der Waals surface area contributed by atoms with Crippen LogP contribution >= 0.6 is 27.3 Å². The van der Waals surface area contributed by atoms with E-state index >= 15 is 0 Å². The molecule has 1 heterocycles. The number of thiazole rings is 1. The maximum absolute atomic E-state index is 13.7. The number of halogens is 2. The van der Waals surface area contributed by atoms with Gasteiger partial charge < -0.3 is 5.32 Å². The molecule has 0 amide bonds. The highest BCUT2D eigenvalue weighted by Gasteiger charge is 2.18. The van der Waals surface area contributed by atoms with E-state index in [-0.39, 0.29) is 11.9 Å². The standard InChI is InChI=1S/C11H10BrFN2S/c1-14-10(11-15-4-5-16-11)8-6-7(12)2-3-9(8)13/h2-6,10,14H,1H3. The van der Waals surface area contributed by atoms with Gasteiger partial charge in [-0.25, -0.2) is 9.37 Å². The smallest absolute Gasteiger partial charge is 0.128 e. The largest absolute Gasteiger partial charge is 0.307 e. The summed E-state index contributed by atoms with van der Waals surface area (Å²) >= 11 is 4.86. The third kappa shape index (κ3) is 2.31. The van der Waals surface area contributed by atoms with E-state index in [0.29, 0.717) is 5.56 Å². The Morgan fingerprint density at radius 2 is 2.31 bits per heavy atom. The second-order valence-corrected chi connectivity index (χ2v) is 5.10. The van der Waals surface area contributed by atoms with Crippen LogP contribution in [-0.4, -0.2) is 12.0 Å². The predicted molar refractivity (Wildman–Crippen MR) is 67.1 cm³/mol. The van der Waals surface area contributed by atoms with Crippen molar-refractivity contribution in [1.29, 1.82) is 0 Å². The Hall–Kier alpha value is -0.780. The van der Waals surface area contributed by atoms with Gasteiger partial charge >= 0.3 is 0 Å². The fourth-order valence-corrected chi connectivity index (χ4v) is 2.67. The third-order valence-electron chi connectivity index (χ3n) is 2.26. The Morgan fingerprint density at radius 1 is 1.50 bits per heavy atom. The monoisotopic (exact) mass is 300 g/mol. The highest BCUT2D eigenvalue weighted by atomic mass is 79.9. The van der Waals surface area contributed by atoms with Crippen LogP contribution in [0.3, 0.4) is 0 Å². The molecule has 0 bridgehead atoms. The van der Waals surface area contributed by atoms with Gasteiger partial charge in [-0.3, -0.25) is 0 Å². The van der Waals surface area contributed by atoms with Crippen LogP contribution in [0.5, 0.6) is 0 Å². The van der Waals surface area contributed by atoms with Gasteiger partial charge in [0.15, 0.2) is 0 Å². The van der Waals surface area contributed by atoms with Gasteiger partial charge in [0.2, 0.25) is 0 Å². The molecular weight excluding hydrogens is 291 g/mol. The first-order chi connectivity index (χ1) is 7.72. The molecule has 0 spiro atoms. The highest BCUT2D eigenvalue weighted by Crippen LogP contribution is 2.27. The van der Waals surface area contributed by atoms with E-state index in [1.165, 1.54) is 17.4 Å². The summed E-state index contributed by atoms with van der Waals surface area (Å²) in [6.45, 7) is 0. The summed E-state index contributed by atoms with van der Waals surface area (Å²) in [6.07, 6.45) is 1.72. The lowest BCUT2D eigenvalue weighted by Gasteiger charge is -2.15. The van der Waals surface area contributed by atoms with Crippen molar-refractivity contribution in [2.45, 2.75) is 6.04 Å². The first kappa shape index (κ1) is 11.7. The number of nitrogens with one attached hydrogen (secondary N) is 1. The van der Waals surface area contributed by atoms with Crippen molar-refractivity contribution in [3.05, 3.63) is 50.6 Å². The molecule has 1 unspecified atom stereocenters. The van der Waals surface area contributed by atoms with Crippen molar-refractivity contribution in [3.8, 4) is 0 Å². The first-order valence-electron chi connectivity index (χ1n) is 4.74. The summed E-state index contributed by atoms with van der Waals surface area (Å²) in [5, 5.41) is 5.82. The van der Waals surface area contributed by atoms with Crippen LogP contribution in [0.2, 0.25) is 0 Å². The molecule has 2 rings (SSSR count). The van der Waals surface area contributed by atoms with E-state index in [4.69, 9.17) is 0 Å². The normalized spacial score (nSPS) is 12.7. The summed E-state index contributed by atoms with van der Waals surface area (Å²) in [5.41, 5.74) is 0.604. The van der Waals surface area contributed by atoms with E-state index < -0.39 is 0 Å². The van der Waals surface area contributed by atoms with Crippen LogP contribution in [0, 0.1) is 5.82 Å². The molecule has 1 aromatic carbocycles. The summed E-state index contributed by atoms with van der Waals surface area (Å²) in [4.78, 5) is 4.21. The molecule has 1 atom stereocenters. The second kappa shape index (κ2) is 5.03. The topological polar surface area (TPSA) is 24.9 Å². The van der Waals surface area contributed by atoms with Gasteiger partial charge in [-0.05, 0) is 25.2 Å². The summed E-state index contributed by atoms with van der Waals surface area (Å²) in [5.74, 6) is -0.224. The fourth-order valence-electron chi connectivity index (χ4n) is 1.52. The third-order valence-corrected chi connectivity index (χ3v) is 3.59. The van der Waals surface area contributed by atoms with Gasteiger partial charge in [-0.1, -0.05) is 15.9 Å². The minimum absolute atomic E-state index is 0.197. The molecule has 2 nitrogen and oxygen atoms in total. The van der Waals surface area contributed by atoms with Gasteiger partial charge in [-0.15, -0.1) is 11.3 Å². The summed E-state index contributed by atoms with van der Waals surface area (Å²) < 4.78 is 14.6. The lowest BCUT2D eigenvalue weighted by atomic mass is 10.1. The van der Waals surface area contributed by atoms with Crippen LogP contribution in [0.4, 0.5) is 4.39 Å². The predicted octanol–water partition coefficient (Wildman–Crippen LogP) is 3.35. The molecule has 0 aliphatic rings. The molecular formula is C11H10BrFN2S. The zero-order chi connectivity index (χ0) is 11.5. The van der Waals surface area contributed by atoms with Crippen molar-refractivity contribution in [2.24, 2.45) is 0 Å². The van der Waals surface area contributed by atoms with E-state index in [1.54, 1.807) is 25.4 Å². The van der Waals surface area contributed by atoms with E-state index in [9.17, 15) is 4.39 Å². The zero-order valence-electron chi connectivity index (χ0n) is 8.58. The van der Waals surface area contributed by atoms with Crippen molar-refractivity contribution in [1.82, 2.24) is 10.3 Å². The Labute approximate surface area is 106 Å². The van der Waals surface area contributed by atoms with Crippen molar-refractivity contribution < 1.29 is 4.39 Å². The molecule has 2 aromatic rings. The molecule has 0 aliphatic carbocycles. The average molecular weight is 301 g/mol. The second-order valence-electron chi connectivity index (χ2n) is 3.26. The molecule has 0 saturated carbocycles. The van der Waals surface area contributed by atoms with Crippen molar-refractivity contribution in [3.63, 3.8) is 0 Å². The van der Waals surface area contributed by atoms with E-state index in [0.717, 1.165) is 9.48 Å². The SMILES string of the molecule is CNC(c1nccs1)c1cc(Br)ccc1F. The Kier molecular flexibility index (Phi) is 3.68. The van der Waals surface area contributed by atoms with E-state index in [2.05, 4.69) is 26.2 Å².